The Morgan fingerprint density at radius 3 is 0.509 bits per heavy atom. The van der Waals surface area contributed by atoms with Gasteiger partial charge in [-0.1, -0.05) is 459 Å². The Morgan fingerprint density at radius 1 is 0.194 bits per heavy atom. The fourth-order valence-corrected chi connectivity index (χ4v) is 16.9. The van der Waals surface area contributed by atoms with Crippen LogP contribution in [0.15, 0.2) is 97.1 Å². The lowest BCUT2D eigenvalue weighted by molar-refractivity contribution is 0.305. The van der Waals surface area contributed by atoms with E-state index in [1.54, 1.807) is 0 Å². The van der Waals surface area contributed by atoms with Gasteiger partial charge in [0.2, 0.25) is 0 Å². The van der Waals surface area contributed by atoms with Crippen LogP contribution < -0.4 is 18.9 Å². The first-order valence-corrected chi connectivity index (χ1v) is 46.0. The van der Waals surface area contributed by atoms with E-state index >= 15 is 0 Å². The standard InChI is InChI=1S/C100H150N4O4/c1-5-9-13-17-21-25-29-33-37-41-45-49-53-65-77-105-97-89-81-69-57-59-71-83(81)91(101-89)98(106-78-66-54-50-46-42-38-34-30-26-22-18-14-10-6-2)93-85-73-61-63-75-87(85)95(103-93)100(108-80-68-56-52-48-44-40-36-32-28-24-20-16-12-8-4)96-88-76-64-62-74-86(88)94(104-96)99(92-84-72-60-58-70-82(84)90(97)102-92)107-79-67-55-51-47-43-39-35-31-27-23-19-15-11-7-3/h57-64,69-76,101,104H,5-56,65-68,77-80H2,1-4H3. The molecule has 0 saturated heterocycles. The van der Waals surface area contributed by atoms with E-state index in [2.05, 4.69) is 135 Å². The molecule has 2 N–H and O–H groups in total. The molecule has 0 radical (unpaired) electrons. The fraction of sp³-hybridized carbons (Fsp3) is 0.640. The minimum absolute atomic E-state index is 0.575. The average molecular weight is 1470 g/mol. The second-order valence-corrected chi connectivity index (χ2v) is 32.6. The molecule has 0 amide bonds. The first-order valence-electron chi connectivity index (χ1n) is 46.0. The van der Waals surface area contributed by atoms with Crippen molar-refractivity contribution in [3.8, 4) is 68.0 Å². The van der Waals surface area contributed by atoms with Crippen LogP contribution in [0.2, 0.25) is 0 Å². The number of aromatic nitrogens is 4. The van der Waals surface area contributed by atoms with Gasteiger partial charge >= 0.3 is 0 Å². The zero-order chi connectivity index (χ0) is 74.9. The van der Waals surface area contributed by atoms with Crippen LogP contribution in [0.1, 0.15) is 387 Å². The van der Waals surface area contributed by atoms with Gasteiger partial charge < -0.3 is 28.9 Å². The maximum Gasteiger partial charge on any atom is 0.169 e. The minimum Gasteiger partial charge on any atom is -0.489 e. The highest BCUT2D eigenvalue weighted by Crippen LogP contribution is 2.52. The zero-order valence-electron chi connectivity index (χ0n) is 69.2. The monoisotopic (exact) mass is 1470 g/mol. The summed E-state index contributed by atoms with van der Waals surface area (Å²) in [6.07, 6.45) is 73.2. The number of ether oxygens (including phenoxy) is 4. The summed E-state index contributed by atoms with van der Waals surface area (Å²) in [5, 5.41) is 4.27. The number of nitrogens with one attached hydrogen (secondary N) is 2. The molecule has 108 heavy (non-hydrogen) atoms. The molecule has 8 bridgehead atoms. The van der Waals surface area contributed by atoms with Crippen molar-refractivity contribution in [1.82, 2.24) is 19.9 Å². The Bertz CT molecular complexity index is 3270. The predicted octanol–water partition coefficient (Wildman–Crippen LogP) is 32.7. The number of aromatic amines is 2. The molecule has 8 nitrogen and oxygen atoms in total. The molecule has 3 aromatic heterocycles. The second kappa shape index (κ2) is 52.8. The fourth-order valence-electron chi connectivity index (χ4n) is 16.9. The Balaban J connectivity index is 1.08. The number of hydrogen-bond donors (Lipinski definition) is 2. The molecule has 0 saturated carbocycles. The number of nitrogens with zero attached hydrogens (tertiary/aromatic N) is 2. The average Bonchev–Trinajstić information content (AvgIpc) is 1.57. The summed E-state index contributed by atoms with van der Waals surface area (Å²) in [5.74, 6) is 3.02. The van der Waals surface area contributed by atoms with E-state index in [0.717, 1.165) is 163 Å². The molecule has 4 aromatic carbocycles. The van der Waals surface area contributed by atoms with Crippen molar-refractivity contribution in [2.45, 2.75) is 387 Å². The number of H-pyrrole nitrogens is 2. The van der Waals surface area contributed by atoms with E-state index in [1.165, 1.54) is 308 Å². The van der Waals surface area contributed by atoms with Crippen molar-refractivity contribution >= 4 is 43.6 Å². The van der Waals surface area contributed by atoms with E-state index in [9.17, 15) is 0 Å². The summed E-state index contributed by atoms with van der Waals surface area (Å²) < 4.78 is 29.8. The lowest BCUT2D eigenvalue weighted by Crippen LogP contribution is -2.01. The van der Waals surface area contributed by atoms with Crippen molar-refractivity contribution in [1.29, 1.82) is 0 Å². The Morgan fingerprint density at radius 2 is 0.343 bits per heavy atom. The summed E-state index contributed by atoms with van der Waals surface area (Å²) in [4.78, 5) is 20.1. The van der Waals surface area contributed by atoms with Crippen molar-refractivity contribution in [2.24, 2.45) is 0 Å². The van der Waals surface area contributed by atoms with Crippen LogP contribution in [0, 0.1) is 0 Å². The second-order valence-electron chi connectivity index (χ2n) is 32.6. The van der Waals surface area contributed by atoms with Gasteiger partial charge in [0.05, 0.1) is 48.5 Å². The largest absolute Gasteiger partial charge is 0.489 e. The van der Waals surface area contributed by atoms with Crippen molar-refractivity contribution < 1.29 is 18.9 Å². The molecule has 0 spiro atoms. The molecule has 9 rings (SSSR count). The van der Waals surface area contributed by atoms with Gasteiger partial charge in [0.1, 0.15) is 22.8 Å². The summed E-state index contributed by atoms with van der Waals surface area (Å²) >= 11 is 0. The maximum absolute atomic E-state index is 7.45. The molecule has 5 heterocycles. The van der Waals surface area contributed by atoms with E-state index in [-0.39, 0.29) is 0 Å². The van der Waals surface area contributed by atoms with Crippen LogP contribution in [-0.2, 0) is 0 Å². The van der Waals surface area contributed by atoms with Crippen LogP contribution >= 0.6 is 0 Å². The Kier molecular flexibility index (Phi) is 41.9. The van der Waals surface area contributed by atoms with E-state index in [1.807, 2.05) is 0 Å². The summed E-state index contributed by atoms with van der Waals surface area (Å²) in [6.45, 7) is 11.5. The molecule has 0 fully saturated rings. The molecule has 0 atom stereocenters. The lowest BCUT2D eigenvalue weighted by Gasteiger charge is -2.11. The van der Waals surface area contributed by atoms with Crippen molar-refractivity contribution in [2.75, 3.05) is 26.4 Å². The normalized spacial score (nSPS) is 11.9. The SMILES string of the molecule is CCCCCCCCCCCCCCCCOc1c2nc(c(OCCCCCCCCCCCCCCCC)c3[nH]c(c(OCCCCCCCCCCCCCCCC)c4nc(c(OCCCCCCCCCCCCCCCC)c5[nH]c1c1ccccc51)-c1ccccc1-4)c1ccccc31)-c1ccccc1-2. The molecule has 0 unspecified atom stereocenters. The smallest absolute Gasteiger partial charge is 0.169 e. The van der Waals surface area contributed by atoms with Crippen molar-refractivity contribution in [3.63, 3.8) is 0 Å². The van der Waals surface area contributed by atoms with Gasteiger partial charge in [-0.2, -0.15) is 0 Å². The number of benzene rings is 4. The van der Waals surface area contributed by atoms with Crippen LogP contribution in [0.3, 0.4) is 0 Å². The topological polar surface area (TPSA) is 94.3 Å². The number of rotatable bonds is 64. The highest BCUT2D eigenvalue weighted by Gasteiger charge is 2.31. The van der Waals surface area contributed by atoms with Crippen LogP contribution in [0.25, 0.3) is 88.6 Å². The van der Waals surface area contributed by atoms with Gasteiger partial charge in [-0.3, -0.25) is 0 Å². The third-order valence-electron chi connectivity index (χ3n) is 23.5. The van der Waals surface area contributed by atoms with E-state index in [0.29, 0.717) is 26.4 Å². The zero-order valence-corrected chi connectivity index (χ0v) is 69.2. The van der Waals surface area contributed by atoms with Crippen LogP contribution in [0.5, 0.6) is 23.0 Å². The van der Waals surface area contributed by atoms with Crippen LogP contribution in [-0.4, -0.2) is 46.4 Å². The van der Waals surface area contributed by atoms with Crippen molar-refractivity contribution in [3.05, 3.63) is 97.1 Å². The summed E-state index contributed by atoms with van der Waals surface area (Å²) in [6, 6.07) is 35.4. The van der Waals surface area contributed by atoms with Gasteiger partial charge in [0.25, 0.3) is 0 Å². The first kappa shape index (κ1) is 85.7. The Hall–Kier alpha value is -6.28. The van der Waals surface area contributed by atoms with Gasteiger partial charge in [-0.15, -0.1) is 0 Å². The molecule has 2 aliphatic heterocycles. The molecule has 8 heteroatoms. The molecule has 2 aliphatic rings. The maximum atomic E-state index is 7.45. The van der Waals surface area contributed by atoms with Gasteiger partial charge in [0, 0.05) is 43.8 Å². The van der Waals surface area contributed by atoms with Crippen LogP contribution in [0.4, 0.5) is 0 Å². The summed E-state index contributed by atoms with van der Waals surface area (Å²) in [5.41, 5.74) is 11.0. The molecular formula is C100H150N4O4. The van der Waals surface area contributed by atoms with E-state index in [4.69, 9.17) is 28.9 Å². The highest BCUT2D eigenvalue weighted by atomic mass is 16.5. The van der Waals surface area contributed by atoms with Gasteiger partial charge in [0.15, 0.2) is 23.0 Å². The number of hydrogen-bond acceptors (Lipinski definition) is 6. The molecule has 594 valence electrons. The lowest BCUT2D eigenvalue weighted by atomic mass is 10.0. The number of fused-ring (bicyclic) bond motifs is 20. The molecule has 0 aliphatic carbocycles. The predicted molar refractivity (Wildman–Crippen MR) is 468 cm³/mol. The van der Waals surface area contributed by atoms with Gasteiger partial charge in [-0.25, -0.2) is 9.97 Å². The third kappa shape index (κ3) is 28.2. The van der Waals surface area contributed by atoms with Gasteiger partial charge in [-0.05, 0) is 25.7 Å². The third-order valence-corrected chi connectivity index (χ3v) is 23.5. The first-order chi connectivity index (χ1) is 53.7. The highest BCUT2D eigenvalue weighted by molar-refractivity contribution is 6.15. The summed E-state index contributed by atoms with van der Waals surface area (Å²) in [7, 11) is 0. The number of unbranched alkanes of at least 4 members (excludes halogenated alkanes) is 52. The van der Waals surface area contributed by atoms with E-state index < -0.39 is 0 Å². The quantitative estimate of drug-likeness (QED) is 0.0369. The molecular weight excluding hydrogens is 1320 g/mol. The Labute approximate surface area is 657 Å². The minimum atomic E-state index is 0.575. The molecule has 7 aromatic rings.